The highest BCUT2D eigenvalue weighted by Crippen LogP contribution is 2.23. The first-order chi connectivity index (χ1) is 6.56. The third-order valence-electron chi connectivity index (χ3n) is 1.69. The summed E-state index contributed by atoms with van der Waals surface area (Å²) in [7, 11) is 1.19. The second kappa shape index (κ2) is 4.50. The van der Waals surface area contributed by atoms with Gasteiger partial charge in [0.05, 0.1) is 18.0 Å². The predicted molar refractivity (Wildman–Crippen MR) is 49.8 cm³/mol. The van der Waals surface area contributed by atoms with E-state index in [1.165, 1.54) is 7.11 Å². The second-order valence-corrected chi connectivity index (χ2v) is 3.37. The Morgan fingerprint density at radius 3 is 2.57 bits per heavy atom. The second-order valence-electron chi connectivity index (χ2n) is 2.57. The summed E-state index contributed by atoms with van der Waals surface area (Å²) < 4.78 is 30.4. The fourth-order valence-electron chi connectivity index (χ4n) is 0.948. The molecule has 0 saturated carbocycles. The summed E-state index contributed by atoms with van der Waals surface area (Å²) in [5.41, 5.74) is -0.0307. The summed E-state index contributed by atoms with van der Waals surface area (Å²) in [6, 6.07) is 1.96. The van der Waals surface area contributed by atoms with Crippen LogP contribution in [0.3, 0.4) is 0 Å². The van der Waals surface area contributed by atoms with Crippen molar-refractivity contribution >= 4 is 21.9 Å². The van der Waals surface area contributed by atoms with Gasteiger partial charge in [-0.1, -0.05) is 0 Å². The molecule has 0 bridgehead atoms. The van der Waals surface area contributed by atoms with Gasteiger partial charge in [0.25, 0.3) is 0 Å². The van der Waals surface area contributed by atoms with Crippen LogP contribution in [0, 0.1) is 11.6 Å². The van der Waals surface area contributed by atoms with Gasteiger partial charge in [-0.2, -0.15) is 0 Å². The number of rotatable bonds is 2. The highest BCUT2D eigenvalue weighted by Gasteiger charge is 2.14. The molecule has 2 nitrogen and oxygen atoms in total. The molecule has 0 heterocycles. The molecule has 0 aliphatic rings. The van der Waals surface area contributed by atoms with Crippen molar-refractivity contribution in [3.63, 3.8) is 0 Å². The number of esters is 1. The first-order valence-corrected chi connectivity index (χ1v) is 4.54. The molecule has 0 aliphatic heterocycles. The molecule has 14 heavy (non-hydrogen) atoms. The van der Waals surface area contributed by atoms with Crippen LogP contribution in [0.15, 0.2) is 16.6 Å². The summed E-state index contributed by atoms with van der Waals surface area (Å²) >= 11 is 2.87. The number of carbonyl (C=O) groups excluding carboxylic acids is 1. The van der Waals surface area contributed by atoms with Crippen molar-refractivity contribution in [2.45, 2.75) is 6.42 Å². The SMILES string of the molecule is COC(=O)Cc1c(F)ccc(F)c1Br. The molecule has 76 valence electrons. The van der Waals surface area contributed by atoms with E-state index in [1.54, 1.807) is 0 Å². The van der Waals surface area contributed by atoms with Crippen molar-refractivity contribution in [3.8, 4) is 0 Å². The zero-order chi connectivity index (χ0) is 10.7. The summed E-state index contributed by atoms with van der Waals surface area (Å²) in [6.45, 7) is 0. The van der Waals surface area contributed by atoms with Crippen molar-refractivity contribution < 1.29 is 18.3 Å². The molecule has 1 rings (SSSR count). The normalized spacial score (nSPS) is 10.0. The Labute approximate surface area is 88.0 Å². The molecule has 1 aromatic rings. The number of hydrogen-bond donors (Lipinski definition) is 0. The number of halogens is 3. The van der Waals surface area contributed by atoms with Crippen LogP contribution in [-0.4, -0.2) is 13.1 Å². The number of ether oxygens (including phenoxy) is 1. The van der Waals surface area contributed by atoms with E-state index in [9.17, 15) is 13.6 Å². The van der Waals surface area contributed by atoms with E-state index >= 15 is 0 Å². The Morgan fingerprint density at radius 2 is 2.00 bits per heavy atom. The number of benzene rings is 1. The molecule has 0 N–H and O–H groups in total. The third-order valence-corrected chi connectivity index (χ3v) is 2.55. The molecular weight excluding hydrogens is 258 g/mol. The molecule has 0 aromatic heterocycles. The minimum atomic E-state index is -0.635. The van der Waals surface area contributed by atoms with E-state index in [1.807, 2.05) is 0 Å². The predicted octanol–water partition coefficient (Wildman–Crippen LogP) is 2.44. The average molecular weight is 265 g/mol. The zero-order valence-electron chi connectivity index (χ0n) is 7.31. The van der Waals surface area contributed by atoms with Gasteiger partial charge in [0.2, 0.25) is 0 Å². The van der Waals surface area contributed by atoms with Crippen molar-refractivity contribution in [3.05, 3.63) is 33.8 Å². The van der Waals surface area contributed by atoms with E-state index in [0.717, 1.165) is 12.1 Å². The van der Waals surface area contributed by atoms with Gasteiger partial charge in [-0.05, 0) is 28.1 Å². The first kappa shape index (κ1) is 11.1. The quantitative estimate of drug-likeness (QED) is 0.606. The average Bonchev–Trinajstić information content (AvgIpc) is 2.18. The lowest BCUT2D eigenvalue weighted by Crippen LogP contribution is -2.07. The smallest absolute Gasteiger partial charge is 0.310 e. The lowest BCUT2D eigenvalue weighted by molar-refractivity contribution is -0.139. The van der Waals surface area contributed by atoms with Gasteiger partial charge in [-0.15, -0.1) is 0 Å². The molecule has 0 fully saturated rings. The zero-order valence-corrected chi connectivity index (χ0v) is 8.90. The van der Waals surface area contributed by atoms with Gasteiger partial charge in [-0.25, -0.2) is 8.78 Å². The van der Waals surface area contributed by atoms with Gasteiger partial charge in [0, 0.05) is 5.56 Å². The van der Waals surface area contributed by atoms with E-state index in [2.05, 4.69) is 20.7 Å². The molecule has 0 unspecified atom stereocenters. The highest BCUT2D eigenvalue weighted by molar-refractivity contribution is 9.10. The standard InChI is InChI=1S/C9H7BrF2O2/c1-14-8(13)4-5-6(11)2-3-7(12)9(5)10/h2-3H,4H2,1H3. The summed E-state index contributed by atoms with van der Waals surface area (Å²) in [5.74, 6) is -1.86. The molecule has 0 amide bonds. The van der Waals surface area contributed by atoms with E-state index in [-0.39, 0.29) is 16.5 Å². The topological polar surface area (TPSA) is 26.3 Å². The van der Waals surface area contributed by atoms with Crippen LogP contribution in [0.25, 0.3) is 0 Å². The van der Waals surface area contributed by atoms with Crippen LogP contribution >= 0.6 is 15.9 Å². The fraction of sp³-hybridized carbons (Fsp3) is 0.222. The van der Waals surface area contributed by atoms with Gasteiger partial charge in [0.1, 0.15) is 11.6 Å². The van der Waals surface area contributed by atoms with Gasteiger partial charge >= 0.3 is 5.97 Å². The monoisotopic (exact) mass is 264 g/mol. The van der Waals surface area contributed by atoms with Gasteiger partial charge in [0.15, 0.2) is 0 Å². The molecule has 0 spiro atoms. The Bertz CT molecular complexity index is 366. The van der Waals surface area contributed by atoms with Crippen LogP contribution in [-0.2, 0) is 16.0 Å². The van der Waals surface area contributed by atoms with Crippen molar-refractivity contribution in [2.24, 2.45) is 0 Å². The number of carbonyl (C=O) groups is 1. The van der Waals surface area contributed by atoms with Gasteiger partial charge < -0.3 is 4.74 Å². The van der Waals surface area contributed by atoms with E-state index in [0.29, 0.717) is 0 Å². The van der Waals surface area contributed by atoms with Crippen LogP contribution in [0.4, 0.5) is 8.78 Å². The lowest BCUT2D eigenvalue weighted by atomic mass is 10.1. The summed E-state index contributed by atoms with van der Waals surface area (Å²) in [4.78, 5) is 10.9. The molecule has 0 atom stereocenters. The molecule has 0 aliphatic carbocycles. The Hall–Kier alpha value is -0.970. The third kappa shape index (κ3) is 2.29. The number of methoxy groups -OCH3 is 1. The van der Waals surface area contributed by atoms with E-state index < -0.39 is 17.6 Å². The number of hydrogen-bond acceptors (Lipinski definition) is 2. The largest absolute Gasteiger partial charge is 0.469 e. The molecule has 0 saturated heterocycles. The van der Waals surface area contributed by atoms with Crippen molar-refractivity contribution in [1.82, 2.24) is 0 Å². The minimum Gasteiger partial charge on any atom is -0.469 e. The van der Waals surface area contributed by atoms with Crippen molar-refractivity contribution in [1.29, 1.82) is 0 Å². The lowest BCUT2D eigenvalue weighted by Gasteiger charge is -2.05. The van der Waals surface area contributed by atoms with Gasteiger partial charge in [-0.3, -0.25) is 4.79 Å². The Morgan fingerprint density at radius 1 is 1.43 bits per heavy atom. The van der Waals surface area contributed by atoms with E-state index in [4.69, 9.17) is 0 Å². The summed E-state index contributed by atoms with van der Waals surface area (Å²) in [5, 5.41) is 0. The molecule has 0 radical (unpaired) electrons. The fourth-order valence-corrected chi connectivity index (χ4v) is 1.41. The van der Waals surface area contributed by atoms with Crippen LogP contribution in [0.1, 0.15) is 5.56 Å². The molecule has 5 heteroatoms. The summed E-state index contributed by atoms with van der Waals surface area (Å²) in [6.07, 6.45) is -0.291. The maximum absolute atomic E-state index is 13.1. The van der Waals surface area contributed by atoms with Crippen LogP contribution in [0.5, 0.6) is 0 Å². The minimum absolute atomic E-state index is 0.0307. The molecular formula is C9H7BrF2O2. The van der Waals surface area contributed by atoms with Crippen molar-refractivity contribution in [2.75, 3.05) is 7.11 Å². The Kier molecular flexibility index (Phi) is 3.57. The maximum Gasteiger partial charge on any atom is 0.310 e. The Balaban J connectivity index is 3.06. The first-order valence-electron chi connectivity index (χ1n) is 3.75. The highest BCUT2D eigenvalue weighted by atomic mass is 79.9. The maximum atomic E-state index is 13.1. The molecule has 1 aromatic carbocycles. The van der Waals surface area contributed by atoms with Crippen LogP contribution in [0.2, 0.25) is 0 Å². The van der Waals surface area contributed by atoms with Crippen LogP contribution < -0.4 is 0 Å².